The van der Waals surface area contributed by atoms with Crippen molar-refractivity contribution in [2.24, 2.45) is 0 Å². The summed E-state index contributed by atoms with van der Waals surface area (Å²) in [4.78, 5) is 33.9. The van der Waals surface area contributed by atoms with Crippen LogP contribution in [0.25, 0.3) is 0 Å². The molecule has 1 aliphatic heterocycles. The van der Waals surface area contributed by atoms with E-state index in [2.05, 4.69) is 27.1 Å². The Kier molecular flexibility index (Phi) is 6.51. The standard InChI is InChI=1S/C18H20ClFN4O2S/c1-2-6-24-7-5-14-12(9-24)17(26)23-18(22-14)27-10-16(25)21-15-8-11(20)3-4-13(15)19/h3-4,8H,2,5-7,9-10H2,1H3,(H,21,25)(H,22,23,26). The zero-order valence-corrected chi connectivity index (χ0v) is 16.4. The first kappa shape index (κ1) is 19.9. The Hall–Kier alpha value is -1.90. The van der Waals surface area contributed by atoms with E-state index in [1.54, 1.807) is 0 Å². The number of nitrogens with zero attached hydrogens (tertiary/aromatic N) is 2. The van der Waals surface area contributed by atoms with Crippen molar-refractivity contribution in [2.45, 2.75) is 31.5 Å². The number of rotatable bonds is 6. The fourth-order valence-electron chi connectivity index (χ4n) is 2.95. The predicted molar refractivity (Wildman–Crippen MR) is 105 cm³/mol. The highest BCUT2D eigenvalue weighted by molar-refractivity contribution is 7.99. The molecule has 0 aliphatic carbocycles. The third-order valence-electron chi connectivity index (χ3n) is 4.21. The van der Waals surface area contributed by atoms with E-state index in [4.69, 9.17) is 11.6 Å². The average molecular weight is 411 g/mol. The summed E-state index contributed by atoms with van der Waals surface area (Å²) < 4.78 is 13.3. The van der Waals surface area contributed by atoms with Crippen molar-refractivity contribution >= 4 is 35.0 Å². The van der Waals surface area contributed by atoms with Gasteiger partial charge in [-0.15, -0.1) is 0 Å². The van der Waals surface area contributed by atoms with E-state index in [-0.39, 0.29) is 27.9 Å². The first-order chi connectivity index (χ1) is 13.0. The molecule has 0 unspecified atom stereocenters. The van der Waals surface area contributed by atoms with Crippen LogP contribution in [0.2, 0.25) is 5.02 Å². The quantitative estimate of drug-likeness (QED) is 0.565. The lowest BCUT2D eigenvalue weighted by Crippen LogP contribution is -2.36. The number of carbonyl (C=O) groups excluding carboxylic acids is 1. The van der Waals surface area contributed by atoms with Gasteiger partial charge in [0.25, 0.3) is 5.56 Å². The van der Waals surface area contributed by atoms with E-state index in [1.165, 1.54) is 12.1 Å². The largest absolute Gasteiger partial charge is 0.324 e. The Morgan fingerprint density at radius 1 is 1.48 bits per heavy atom. The van der Waals surface area contributed by atoms with Crippen molar-refractivity contribution in [2.75, 3.05) is 24.2 Å². The minimum absolute atomic E-state index is 0.0243. The average Bonchev–Trinajstić information content (AvgIpc) is 2.64. The second-order valence-corrected chi connectivity index (χ2v) is 7.65. The summed E-state index contributed by atoms with van der Waals surface area (Å²) in [5, 5.41) is 3.22. The molecule has 0 atom stereocenters. The van der Waals surface area contributed by atoms with Gasteiger partial charge in [0.1, 0.15) is 5.82 Å². The topological polar surface area (TPSA) is 78.1 Å². The molecule has 0 spiro atoms. The molecule has 6 nitrogen and oxygen atoms in total. The zero-order chi connectivity index (χ0) is 19.4. The van der Waals surface area contributed by atoms with Gasteiger partial charge in [0.15, 0.2) is 5.16 Å². The number of H-pyrrole nitrogens is 1. The highest BCUT2D eigenvalue weighted by Crippen LogP contribution is 2.23. The number of aromatic nitrogens is 2. The van der Waals surface area contributed by atoms with E-state index in [0.717, 1.165) is 49.5 Å². The Morgan fingerprint density at radius 2 is 2.30 bits per heavy atom. The molecule has 144 valence electrons. The van der Waals surface area contributed by atoms with Crippen molar-refractivity contribution in [1.82, 2.24) is 14.9 Å². The van der Waals surface area contributed by atoms with E-state index in [9.17, 15) is 14.0 Å². The van der Waals surface area contributed by atoms with Crippen molar-refractivity contribution < 1.29 is 9.18 Å². The van der Waals surface area contributed by atoms with Crippen LogP contribution in [-0.2, 0) is 17.8 Å². The van der Waals surface area contributed by atoms with Crippen LogP contribution in [0, 0.1) is 5.82 Å². The summed E-state index contributed by atoms with van der Waals surface area (Å²) >= 11 is 7.07. The van der Waals surface area contributed by atoms with E-state index < -0.39 is 5.82 Å². The van der Waals surface area contributed by atoms with E-state index in [1.807, 2.05) is 0 Å². The van der Waals surface area contributed by atoms with Crippen LogP contribution in [0.1, 0.15) is 24.6 Å². The maximum Gasteiger partial charge on any atom is 0.256 e. The molecule has 1 aliphatic rings. The molecule has 2 aromatic rings. The minimum atomic E-state index is -0.486. The summed E-state index contributed by atoms with van der Waals surface area (Å²) in [6, 6.07) is 3.76. The maximum absolute atomic E-state index is 13.3. The number of anilines is 1. The molecule has 2 heterocycles. The lowest BCUT2D eigenvalue weighted by Gasteiger charge is -2.27. The molecule has 1 aromatic carbocycles. The van der Waals surface area contributed by atoms with Gasteiger partial charge in [0, 0.05) is 19.5 Å². The molecule has 0 saturated carbocycles. The van der Waals surface area contributed by atoms with Crippen LogP contribution in [0.3, 0.4) is 0 Å². The van der Waals surface area contributed by atoms with Crippen LogP contribution >= 0.6 is 23.4 Å². The van der Waals surface area contributed by atoms with Gasteiger partial charge in [0.2, 0.25) is 5.91 Å². The number of carbonyl (C=O) groups is 1. The van der Waals surface area contributed by atoms with Gasteiger partial charge < -0.3 is 10.3 Å². The molecule has 0 fully saturated rings. The first-order valence-corrected chi connectivity index (χ1v) is 10.0. The summed E-state index contributed by atoms with van der Waals surface area (Å²) in [5.74, 6) is -0.821. The Bertz CT molecular complexity index is 905. The van der Waals surface area contributed by atoms with Crippen molar-refractivity contribution in [3.8, 4) is 0 Å². The van der Waals surface area contributed by atoms with Crippen molar-refractivity contribution in [3.63, 3.8) is 0 Å². The molecular weight excluding hydrogens is 391 g/mol. The Labute approximate surface area is 165 Å². The van der Waals surface area contributed by atoms with Crippen molar-refractivity contribution in [3.05, 3.63) is 50.7 Å². The lowest BCUT2D eigenvalue weighted by atomic mass is 10.1. The monoisotopic (exact) mass is 410 g/mol. The number of hydrogen-bond acceptors (Lipinski definition) is 5. The summed E-state index contributed by atoms with van der Waals surface area (Å²) in [7, 11) is 0. The second kappa shape index (κ2) is 8.86. The molecular formula is C18H20ClFN4O2S. The summed E-state index contributed by atoms with van der Waals surface area (Å²) in [5.41, 5.74) is 1.55. The van der Waals surface area contributed by atoms with Gasteiger partial charge in [-0.25, -0.2) is 9.37 Å². The summed E-state index contributed by atoms with van der Waals surface area (Å²) in [6.45, 7) is 4.55. The molecule has 0 bridgehead atoms. The lowest BCUT2D eigenvalue weighted by molar-refractivity contribution is -0.113. The number of amides is 1. The van der Waals surface area contributed by atoms with Crippen LogP contribution < -0.4 is 10.9 Å². The zero-order valence-electron chi connectivity index (χ0n) is 14.8. The van der Waals surface area contributed by atoms with Gasteiger partial charge >= 0.3 is 0 Å². The number of benzene rings is 1. The molecule has 3 rings (SSSR count). The SMILES string of the molecule is CCCN1CCc2nc(SCC(=O)Nc3cc(F)ccc3Cl)[nH]c(=O)c2C1. The molecule has 2 N–H and O–H groups in total. The van der Waals surface area contributed by atoms with Crippen LogP contribution in [0.5, 0.6) is 0 Å². The first-order valence-electron chi connectivity index (χ1n) is 8.68. The fourth-order valence-corrected chi connectivity index (χ4v) is 3.79. The van der Waals surface area contributed by atoms with Gasteiger partial charge in [0.05, 0.1) is 27.7 Å². The minimum Gasteiger partial charge on any atom is -0.324 e. The highest BCUT2D eigenvalue weighted by Gasteiger charge is 2.21. The summed E-state index contributed by atoms with van der Waals surface area (Å²) in [6.07, 6.45) is 1.76. The van der Waals surface area contributed by atoms with E-state index in [0.29, 0.717) is 17.3 Å². The highest BCUT2D eigenvalue weighted by atomic mass is 35.5. The number of thioether (sulfide) groups is 1. The third kappa shape index (κ3) is 5.09. The van der Waals surface area contributed by atoms with E-state index >= 15 is 0 Å². The molecule has 1 amide bonds. The van der Waals surface area contributed by atoms with Gasteiger partial charge in [-0.2, -0.15) is 0 Å². The number of hydrogen-bond donors (Lipinski definition) is 2. The normalized spacial score (nSPS) is 14.0. The van der Waals surface area contributed by atoms with Crippen LogP contribution in [-0.4, -0.2) is 39.6 Å². The Morgan fingerprint density at radius 3 is 3.07 bits per heavy atom. The molecule has 1 aromatic heterocycles. The van der Waals surface area contributed by atoms with Gasteiger partial charge in [-0.1, -0.05) is 30.3 Å². The molecule has 9 heteroatoms. The number of aromatic amines is 1. The number of nitrogens with one attached hydrogen (secondary N) is 2. The smallest absolute Gasteiger partial charge is 0.256 e. The fraction of sp³-hybridized carbons (Fsp3) is 0.389. The second-order valence-electron chi connectivity index (χ2n) is 6.28. The van der Waals surface area contributed by atoms with Gasteiger partial charge in [-0.05, 0) is 31.2 Å². The number of fused-ring (bicyclic) bond motifs is 1. The third-order valence-corrected chi connectivity index (χ3v) is 5.41. The van der Waals surface area contributed by atoms with Gasteiger partial charge in [-0.3, -0.25) is 14.5 Å². The molecule has 0 saturated heterocycles. The molecule has 0 radical (unpaired) electrons. The number of halogens is 2. The van der Waals surface area contributed by atoms with Crippen LogP contribution in [0.15, 0.2) is 28.2 Å². The van der Waals surface area contributed by atoms with Crippen molar-refractivity contribution in [1.29, 1.82) is 0 Å². The predicted octanol–water partition coefficient (Wildman–Crippen LogP) is 3.06. The van der Waals surface area contributed by atoms with Crippen LogP contribution in [0.4, 0.5) is 10.1 Å². The maximum atomic E-state index is 13.3. The Balaban J connectivity index is 1.63. The molecule has 27 heavy (non-hydrogen) atoms.